The van der Waals surface area contributed by atoms with Crippen LogP contribution in [0.4, 0.5) is 23.7 Å². The van der Waals surface area contributed by atoms with E-state index in [0.717, 1.165) is 5.69 Å². The molecule has 0 aliphatic carbocycles. The standard InChI is InChI=1S/C24H29F3N4O3/c1-17(32)28-14-21-16-31(24(33)34-21)20-6-7-22(23(27)12-20)18-4-5-19(29-13-18)15-30(10-2-8-25)11-3-9-26/h4-7,12-13,21H,2-3,8-11,14-16H2,1H3,(H,28,32). The number of hydrogen-bond acceptors (Lipinski definition) is 5. The maximum Gasteiger partial charge on any atom is 0.414 e. The number of anilines is 1. The summed E-state index contributed by atoms with van der Waals surface area (Å²) >= 11 is 0. The van der Waals surface area contributed by atoms with Gasteiger partial charge in [-0.2, -0.15) is 0 Å². The van der Waals surface area contributed by atoms with Crippen molar-refractivity contribution in [2.45, 2.75) is 32.4 Å². The van der Waals surface area contributed by atoms with Gasteiger partial charge < -0.3 is 10.1 Å². The van der Waals surface area contributed by atoms with Gasteiger partial charge in [-0.3, -0.25) is 28.4 Å². The quantitative estimate of drug-likeness (QED) is 0.501. The topological polar surface area (TPSA) is 74.8 Å². The summed E-state index contributed by atoms with van der Waals surface area (Å²) in [6.07, 6.45) is 1.20. The van der Waals surface area contributed by atoms with Crippen molar-refractivity contribution in [3.8, 4) is 11.1 Å². The molecule has 0 spiro atoms. The molecule has 3 rings (SSSR count). The van der Waals surface area contributed by atoms with Crippen molar-refractivity contribution in [2.24, 2.45) is 0 Å². The Balaban J connectivity index is 1.66. The lowest BCUT2D eigenvalue weighted by Crippen LogP contribution is -2.33. The van der Waals surface area contributed by atoms with Gasteiger partial charge in [0.15, 0.2) is 0 Å². The van der Waals surface area contributed by atoms with Gasteiger partial charge in [-0.1, -0.05) is 6.07 Å². The predicted molar refractivity (Wildman–Crippen MR) is 122 cm³/mol. The van der Waals surface area contributed by atoms with Gasteiger partial charge in [0.2, 0.25) is 5.91 Å². The third-order valence-corrected chi connectivity index (χ3v) is 5.45. The number of halogens is 3. The number of alkyl halides is 2. The van der Waals surface area contributed by atoms with Gasteiger partial charge in [0.1, 0.15) is 11.9 Å². The van der Waals surface area contributed by atoms with Crippen LogP contribution in [0, 0.1) is 5.82 Å². The number of cyclic esters (lactones) is 1. The number of nitrogens with zero attached hydrogens (tertiary/aromatic N) is 3. The molecule has 1 N–H and O–H groups in total. The summed E-state index contributed by atoms with van der Waals surface area (Å²) in [6, 6.07) is 7.98. The average molecular weight is 479 g/mol. The Labute approximate surface area is 196 Å². The van der Waals surface area contributed by atoms with Crippen LogP contribution in [0.25, 0.3) is 11.1 Å². The molecule has 0 radical (unpaired) electrons. The van der Waals surface area contributed by atoms with Crippen LogP contribution in [0.2, 0.25) is 0 Å². The molecule has 34 heavy (non-hydrogen) atoms. The summed E-state index contributed by atoms with van der Waals surface area (Å²) in [5.41, 5.74) is 1.98. The van der Waals surface area contributed by atoms with Crippen LogP contribution >= 0.6 is 0 Å². The van der Waals surface area contributed by atoms with Crippen molar-refractivity contribution < 1.29 is 27.5 Å². The van der Waals surface area contributed by atoms with Gasteiger partial charge >= 0.3 is 6.09 Å². The number of amides is 2. The van der Waals surface area contributed by atoms with Crippen LogP contribution in [0.15, 0.2) is 36.5 Å². The van der Waals surface area contributed by atoms with E-state index in [1.807, 2.05) is 4.90 Å². The van der Waals surface area contributed by atoms with E-state index in [2.05, 4.69) is 10.3 Å². The van der Waals surface area contributed by atoms with Gasteiger partial charge in [0.05, 0.1) is 37.8 Å². The van der Waals surface area contributed by atoms with Gasteiger partial charge in [-0.15, -0.1) is 0 Å². The lowest BCUT2D eigenvalue weighted by atomic mass is 10.1. The van der Waals surface area contributed by atoms with Crippen LogP contribution in [0.5, 0.6) is 0 Å². The molecule has 1 aliphatic heterocycles. The SMILES string of the molecule is CC(=O)NCC1CN(c2ccc(-c3ccc(CN(CCCF)CCCF)nc3)c(F)c2)C(=O)O1. The Morgan fingerprint density at radius 3 is 2.53 bits per heavy atom. The Hall–Kier alpha value is -3.14. The predicted octanol–water partition coefficient (Wildman–Crippen LogP) is 3.87. The van der Waals surface area contributed by atoms with E-state index in [9.17, 15) is 22.8 Å². The van der Waals surface area contributed by atoms with Gasteiger partial charge in [-0.25, -0.2) is 9.18 Å². The Morgan fingerprint density at radius 1 is 1.21 bits per heavy atom. The summed E-state index contributed by atoms with van der Waals surface area (Å²) in [6.45, 7) is 2.39. The fourth-order valence-electron chi connectivity index (χ4n) is 3.75. The van der Waals surface area contributed by atoms with E-state index in [-0.39, 0.29) is 19.0 Å². The van der Waals surface area contributed by atoms with Gasteiger partial charge in [0.25, 0.3) is 0 Å². The van der Waals surface area contributed by atoms with Crippen molar-refractivity contribution >= 4 is 17.7 Å². The van der Waals surface area contributed by atoms with Crippen LogP contribution in [-0.2, 0) is 16.1 Å². The zero-order chi connectivity index (χ0) is 24.5. The highest BCUT2D eigenvalue weighted by atomic mass is 19.1. The number of rotatable bonds is 12. The zero-order valence-corrected chi connectivity index (χ0v) is 19.1. The number of carbonyl (C=O) groups excluding carboxylic acids is 2. The molecule has 2 heterocycles. The first kappa shape index (κ1) is 25.5. The number of carbonyl (C=O) groups is 2. The number of ether oxygens (including phenoxy) is 1. The maximum absolute atomic E-state index is 14.9. The number of benzene rings is 1. The minimum absolute atomic E-state index is 0.190. The van der Waals surface area contributed by atoms with Gasteiger partial charge in [0, 0.05) is 43.9 Å². The summed E-state index contributed by atoms with van der Waals surface area (Å²) < 4.78 is 45.2. The first-order valence-corrected chi connectivity index (χ1v) is 11.2. The van der Waals surface area contributed by atoms with Crippen LogP contribution in [0.1, 0.15) is 25.5 Å². The molecule has 1 atom stereocenters. The van der Waals surface area contributed by atoms with Crippen LogP contribution < -0.4 is 10.2 Å². The van der Waals surface area contributed by atoms with Crippen LogP contribution in [0.3, 0.4) is 0 Å². The van der Waals surface area contributed by atoms with E-state index in [1.165, 1.54) is 17.9 Å². The van der Waals surface area contributed by atoms with E-state index in [0.29, 0.717) is 49.3 Å². The molecule has 7 nitrogen and oxygen atoms in total. The molecule has 10 heteroatoms. The summed E-state index contributed by atoms with van der Waals surface area (Å²) in [4.78, 5) is 30.9. The first-order valence-electron chi connectivity index (χ1n) is 11.2. The Bertz CT molecular complexity index is 966. The summed E-state index contributed by atoms with van der Waals surface area (Å²) in [5, 5.41) is 2.60. The molecule has 1 saturated heterocycles. The van der Waals surface area contributed by atoms with Crippen molar-refractivity contribution in [1.29, 1.82) is 0 Å². The lowest BCUT2D eigenvalue weighted by Gasteiger charge is -2.21. The summed E-state index contributed by atoms with van der Waals surface area (Å²) in [7, 11) is 0. The molecule has 1 aliphatic rings. The van der Waals surface area contributed by atoms with Crippen molar-refractivity contribution in [1.82, 2.24) is 15.2 Å². The minimum Gasteiger partial charge on any atom is -0.442 e. The second-order valence-corrected chi connectivity index (χ2v) is 8.12. The molecular formula is C24H29F3N4O3. The van der Waals surface area contributed by atoms with Crippen molar-refractivity contribution in [3.05, 3.63) is 48.0 Å². The monoisotopic (exact) mass is 478 g/mol. The molecule has 1 unspecified atom stereocenters. The van der Waals surface area contributed by atoms with Crippen molar-refractivity contribution in [3.63, 3.8) is 0 Å². The molecule has 1 aromatic heterocycles. The normalized spacial score (nSPS) is 15.6. The fourth-order valence-corrected chi connectivity index (χ4v) is 3.75. The second-order valence-electron chi connectivity index (χ2n) is 8.12. The fraction of sp³-hybridized carbons (Fsp3) is 0.458. The molecule has 1 fully saturated rings. The highest BCUT2D eigenvalue weighted by molar-refractivity contribution is 5.90. The van der Waals surface area contributed by atoms with E-state index in [1.54, 1.807) is 30.5 Å². The van der Waals surface area contributed by atoms with E-state index in [4.69, 9.17) is 4.74 Å². The number of nitrogens with one attached hydrogen (secondary N) is 1. The number of pyridine rings is 1. The first-order chi connectivity index (χ1) is 16.4. The molecule has 184 valence electrons. The minimum atomic E-state index is -0.599. The van der Waals surface area contributed by atoms with Crippen molar-refractivity contribution in [2.75, 3.05) is 44.4 Å². The number of hydrogen-bond donors (Lipinski definition) is 1. The van der Waals surface area contributed by atoms with Gasteiger partial charge in [-0.05, 0) is 37.1 Å². The van der Waals surface area contributed by atoms with E-state index >= 15 is 0 Å². The molecular weight excluding hydrogens is 449 g/mol. The molecule has 1 aromatic carbocycles. The Kier molecular flexibility index (Phi) is 9.26. The van der Waals surface area contributed by atoms with Crippen LogP contribution in [-0.4, -0.2) is 67.5 Å². The molecule has 2 aromatic rings. The molecule has 0 bridgehead atoms. The molecule has 2 amide bonds. The Morgan fingerprint density at radius 2 is 1.94 bits per heavy atom. The largest absolute Gasteiger partial charge is 0.442 e. The summed E-state index contributed by atoms with van der Waals surface area (Å²) in [5.74, 6) is -0.741. The number of aromatic nitrogens is 1. The lowest BCUT2D eigenvalue weighted by molar-refractivity contribution is -0.119. The van der Waals surface area contributed by atoms with E-state index < -0.39 is 31.4 Å². The third kappa shape index (κ3) is 6.93. The highest BCUT2D eigenvalue weighted by Gasteiger charge is 2.32. The highest BCUT2D eigenvalue weighted by Crippen LogP contribution is 2.29. The smallest absolute Gasteiger partial charge is 0.414 e. The average Bonchev–Trinajstić information content (AvgIpc) is 3.20. The molecule has 0 saturated carbocycles. The second kappa shape index (κ2) is 12.4. The third-order valence-electron chi connectivity index (χ3n) is 5.45. The zero-order valence-electron chi connectivity index (χ0n) is 19.1. The maximum atomic E-state index is 14.9.